The van der Waals surface area contributed by atoms with E-state index < -0.39 is 11.9 Å². The lowest BCUT2D eigenvalue weighted by Gasteiger charge is -2.29. The number of nitrogens with zero attached hydrogens (tertiary/aromatic N) is 2. The third-order valence-corrected chi connectivity index (χ3v) is 5.32. The minimum absolute atomic E-state index is 0.239. The van der Waals surface area contributed by atoms with Crippen LogP contribution in [-0.4, -0.2) is 28.8 Å². The molecule has 0 aliphatic carbocycles. The van der Waals surface area contributed by atoms with Crippen molar-refractivity contribution in [3.05, 3.63) is 75.2 Å². The van der Waals surface area contributed by atoms with E-state index in [1.165, 1.54) is 11.8 Å². The van der Waals surface area contributed by atoms with Crippen molar-refractivity contribution in [1.29, 1.82) is 0 Å². The molecule has 1 N–H and O–H groups in total. The Morgan fingerprint density at radius 3 is 2.57 bits per heavy atom. The molecule has 0 saturated heterocycles. The molecule has 0 radical (unpaired) electrons. The van der Waals surface area contributed by atoms with E-state index in [0.717, 1.165) is 11.8 Å². The third kappa shape index (κ3) is 4.26. The highest BCUT2D eigenvalue weighted by Crippen LogP contribution is 2.41. The zero-order valence-electron chi connectivity index (χ0n) is 15.3. The molecule has 0 bridgehead atoms. The molecule has 1 aromatic heterocycles. The van der Waals surface area contributed by atoms with Crippen molar-refractivity contribution >= 4 is 35.6 Å². The lowest BCUT2D eigenvalue weighted by Crippen LogP contribution is -2.29. The van der Waals surface area contributed by atoms with Crippen LogP contribution in [0.5, 0.6) is 0 Å². The maximum atomic E-state index is 12.7. The quantitative estimate of drug-likeness (QED) is 0.436. The lowest BCUT2D eigenvalue weighted by molar-refractivity contribution is -0.138. The van der Waals surface area contributed by atoms with E-state index in [9.17, 15) is 9.59 Å². The van der Waals surface area contributed by atoms with Gasteiger partial charge in [0, 0.05) is 34.6 Å². The SMILES string of the molecule is CCOC(=O)C1=C(C)NC(Sc2ncccn2)=C(C=O)[C@@H]1c1ccc(Cl)cc1. The van der Waals surface area contributed by atoms with Gasteiger partial charge in [-0.25, -0.2) is 14.8 Å². The van der Waals surface area contributed by atoms with Crippen LogP contribution in [0.15, 0.2) is 69.8 Å². The van der Waals surface area contributed by atoms with Crippen LogP contribution in [0.3, 0.4) is 0 Å². The molecule has 8 heteroatoms. The van der Waals surface area contributed by atoms with E-state index in [2.05, 4.69) is 15.3 Å². The van der Waals surface area contributed by atoms with E-state index in [0.29, 0.717) is 32.1 Å². The van der Waals surface area contributed by atoms with Crippen molar-refractivity contribution in [2.45, 2.75) is 24.9 Å². The molecule has 0 fully saturated rings. The molecule has 28 heavy (non-hydrogen) atoms. The predicted octanol–water partition coefficient (Wildman–Crippen LogP) is 3.86. The standard InChI is InChI=1S/C20H18ClN3O3S/c1-3-27-19(26)16-12(2)24-18(28-20-22-9-4-10-23-20)15(11-25)17(16)13-5-7-14(21)8-6-13/h4-11,17,24H,3H2,1-2H3/t17-/m0/s1. The lowest BCUT2D eigenvalue weighted by atomic mass is 9.82. The van der Waals surface area contributed by atoms with Gasteiger partial charge in [0.2, 0.25) is 0 Å². The monoisotopic (exact) mass is 415 g/mol. The number of aromatic nitrogens is 2. The average molecular weight is 416 g/mol. The van der Waals surface area contributed by atoms with Crippen LogP contribution >= 0.6 is 23.4 Å². The molecular formula is C20H18ClN3O3S. The van der Waals surface area contributed by atoms with Crippen LogP contribution in [-0.2, 0) is 14.3 Å². The molecule has 2 aromatic rings. The maximum Gasteiger partial charge on any atom is 0.336 e. The van der Waals surface area contributed by atoms with Crippen LogP contribution in [0.1, 0.15) is 25.3 Å². The fraction of sp³-hybridized carbons (Fsp3) is 0.200. The number of thioether (sulfide) groups is 1. The summed E-state index contributed by atoms with van der Waals surface area (Å²) in [6, 6.07) is 8.78. The van der Waals surface area contributed by atoms with Gasteiger partial charge >= 0.3 is 5.97 Å². The molecule has 3 rings (SSSR count). The summed E-state index contributed by atoms with van der Waals surface area (Å²) in [5.41, 5.74) is 2.18. The number of nitrogens with one attached hydrogen (secondary N) is 1. The summed E-state index contributed by atoms with van der Waals surface area (Å²) >= 11 is 7.25. The van der Waals surface area contributed by atoms with E-state index in [4.69, 9.17) is 16.3 Å². The normalized spacial score (nSPS) is 16.6. The van der Waals surface area contributed by atoms with Crippen LogP contribution in [0.4, 0.5) is 0 Å². The number of aldehydes is 1. The van der Waals surface area contributed by atoms with Crippen LogP contribution in [0.2, 0.25) is 5.02 Å². The van der Waals surface area contributed by atoms with Crippen molar-refractivity contribution in [3.8, 4) is 0 Å². The first kappa shape index (κ1) is 20.1. The summed E-state index contributed by atoms with van der Waals surface area (Å²) in [7, 11) is 0. The van der Waals surface area contributed by atoms with Gasteiger partial charge in [-0.2, -0.15) is 0 Å². The number of carbonyl (C=O) groups is 2. The summed E-state index contributed by atoms with van der Waals surface area (Å²) in [5.74, 6) is -1.05. The smallest absolute Gasteiger partial charge is 0.336 e. The average Bonchev–Trinajstić information content (AvgIpc) is 2.69. The Labute approximate surface area is 172 Å². The summed E-state index contributed by atoms with van der Waals surface area (Å²) in [6.07, 6.45) is 4.01. The van der Waals surface area contributed by atoms with Crippen molar-refractivity contribution in [3.63, 3.8) is 0 Å². The van der Waals surface area contributed by atoms with Gasteiger partial charge in [0.05, 0.1) is 17.2 Å². The molecular weight excluding hydrogens is 398 g/mol. The molecule has 1 aliphatic heterocycles. The number of allylic oxidation sites excluding steroid dienone is 2. The number of ether oxygens (including phenoxy) is 1. The molecule has 1 atom stereocenters. The Bertz CT molecular complexity index is 943. The Hall–Kier alpha value is -2.64. The third-order valence-electron chi connectivity index (χ3n) is 4.13. The second-order valence-electron chi connectivity index (χ2n) is 5.90. The number of esters is 1. The molecule has 2 heterocycles. The van der Waals surface area contributed by atoms with Crippen molar-refractivity contribution in [2.75, 3.05) is 6.61 Å². The van der Waals surface area contributed by atoms with E-state index in [1.807, 2.05) is 0 Å². The van der Waals surface area contributed by atoms with E-state index in [-0.39, 0.29) is 6.61 Å². The predicted molar refractivity (Wildman–Crippen MR) is 108 cm³/mol. The number of hydrogen-bond acceptors (Lipinski definition) is 7. The highest BCUT2D eigenvalue weighted by Gasteiger charge is 2.35. The molecule has 144 valence electrons. The molecule has 1 aromatic carbocycles. The summed E-state index contributed by atoms with van der Waals surface area (Å²) < 4.78 is 5.24. The number of rotatable bonds is 6. The Kier molecular flexibility index (Phi) is 6.49. The zero-order chi connectivity index (χ0) is 20.1. The van der Waals surface area contributed by atoms with Crippen LogP contribution in [0.25, 0.3) is 0 Å². The second kappa shape index (κ2) is 9.03. The zero-order valence-corrected chi connectivity index (χ0v) is 16.9. The van der Waals surface area contributed by atoms with Gasteiger partial charge in [0.1, 0.15) is 6.29 Å². The fourth-order valence-corrected chi connectivity index (χ4v) is 3.95. The Morgan fingerprint density at radius 1 is 1.29 bits per heavy atom. The minimum atomic E-state index is -0.582. The second-order valence-corrected chi connectivity index (χ2v) is 7.32. The minimum Gasteiger partial charge on any atom is -0.463 e. The van der Waals surface area contributed by atoms with Gasteiger partial charge in [-0.3, -0.25) is 4.79 Å². The highest BCUT2D eigenvalue weighted by atomic mass is 35.5. The van der Waals surface area contributed by atoms with E-state index >= 15 is 0 Å². The first-order valence-corrected chi connectivity index (χ1v) is 9.79. The first-order valence-electron chi connectivity index (χ1n) is 8.59. The van der Waals surface area contributed by atoms with Crippen LogP contribution in [0, 0.1) is 0 Å². The van der Waals surface area contributed by atoms with Gasteiger partial charge < -0.3 is 10.1 Å². The van der Waals surface area contributed by atoms with Gasteiger partial charge in [0.25, 0.3) is 0 Å². The van der Waals surface area contributed by atoms with Gasteiger partial charge in [-0.15, -0.1) is 0 Å². The van der Waals surface area contributed by atoms with Gasteiger partial charge in [-0.05, 0) is 49.4 Å². The maximum absolute atomic E-state index is 12.7. The number of dihydropyridines is 1. The molecule has 0 unspecified atom stereocenters. The largest absolute Gasteiger partial charge is 0.463 e. The number of benzene rings is 1. The van der Waals surface area contributed by atoms with Crippen molar-refractivity contribution in [2.24, 2.45) is 0 Å². The first-order chi connectivity index (χ1) is 13.5. The van der Waals surface area contributed by atoms with Crippen LogP contribution < -0.4 is 5.32 Å². The molecule has 0 spiro atoms. The number of hydrogen-bond donors (Lipinski definition) is 1. The molecule has 0 saturated carbocycles. The molecule has 6 nitrogen and oxygen atoms in total. The summed E-state index contributed by atoms with van der Waals surface area (Å²) in [5, 5.41) is 4.79. The van der Waals surface area contributed by atoms with Gasteiger partial charge in [0.15, 0.2) is 5.16 Å². The van der Waals surface area contributed by atoms with Crippen molar-refractivity contribution < 1.29 is 14.3 Å². The topological polar surface area (TPSA) is 81.2 Å². The summed E-state index contributed by atoms with van der Waals surface area (Å²) in [4.78, 5) is 33.2. The van der Waals surface area contributed by atoms with Gasteiger partial charge in [-0.1, -0.05) is 23.7 Å². The molecule has 0 amide bonds. The van der Waals surface area contributed by atoms with Crippen molar-refractivity contribution in [1.82, 2.24) is 15.3 Å². The fourth-order valence-electron chi connectivity index (χ4n) is 2.93. The Morgan fingerprint density at radius 2 is 1.96 bits per heavy atom. The number of carbonyl (C=O) groups excluding carboxylic acids is 2. The highest BCUT2D eigenvalue weighted by molar-refractivity contribution is 8.02. The van der Waals surface area contributed by atoms with E-state index in [1.54, 1.807) is 56.6 Å². The summed E-state index contributed by atoms with van der Waals surface area (Å²) in [6.45, 7) is 3.76. The molecule has 1 aliphatic rings. The Balaban J connectivity index is 2.11. The number of halogens is 1.